The molecular formula is C10H6ClF4N3. The molecule has 1 heterocycles. The topological polar surface area (TPSA) is 30.7 Å². The predicted molar refractivity (Wildman–Crippen MR) is 55.6 cm³/mol. The maximum atomic E-state index is 13.4. The van der Waals surface area contributed by atoms with Crippen molar-refractivity contribution in [1.29, 1.82) is 0 Å². The van der Waals surface area contributed by atoms with E-state index in [-0.39, 0.29) is 11.9 Å². The van der Waals surface area contributed by atoms with Gasteiger partial charge < -0.3 is 0 Å². The first-order valence-electron chi connectivity index (χ1n) is 4.85. The second-order valence-electron chi connectivity index (χ2n) is 3.41. The molecule has 96 valence electrons. The number of hydrogen-bond acceptors (Lipinski definition) is 2. The molecule has 0 saturated heterocycles. The van der Waals surface area contributed by atoms with Crippen LogP contribution in [0.1, 0.15) is 5.69 Å². The molecule has 0 aliphatic heterocycles. The van der Waals surface area contributed by atoms with Gasteiger partial charge in [0.15, 0.2) is 23.3 Å². The summed E-state index contributed by atoms with van der Waals surface area (Å²) in [5.41, 5.74) is -0.589. The summed E-state index contributed by atoms with van der Waals surface area (Å²) in [4.78, 5) is 0. The molecule has 0 N–H and O–H groups in total. The Bertz CT molecular complexity index is 558. The zero-order valence-electron chi connectivity index (χ0n) is 8.80. The number of nitrogens with zero attached hydrogens (tertiary/aromatic N) is 3. The van der Waals surface area contributed by atoms with Gasteiger partial charge in [0.2, 0.25) is 0 Å². The molecule has 8 heteroatoms. The molecule has 2 rings (SSSR count). The lowest BCUT2D eigenvalue weighted by Gasteiger charge is -2.05. The Kier molecular flexibility index (Phi) is 3.51. The smallest absolute Gasteiger partial charge is 0.187 e. The molecule has 2 aromatic rings. The third-order valence-corrected chi connectivity index (χ3v) is 2.40. The first-order valence-corrected chi connectivity index (χ1v) is 5.38. The molecule has 1 aromatic carbocycles. The van der Waals surface area contributed by atoms with E-state index in [1.807, 2.05) is 0 Å². The first-order chi connectivity index (χ1) is 8.54. The van der Waals surface area contributed by atoms with Crippen LogP contribution in [-0.2, 0) is 6.42 Å². The highest BCUT2D eigenvalue weighted by molar-refractivity contribution is 6.17. The largest absolute Gasteiger partial charge is 0.214 e. The summed E-state index contributed by atoms with van der Waals surface area (Å²) in [7, 11) is 0. The summed E-state index contributed by atoms with van der Waals surface area (Å²) in [6.07, 6.45) is 1.48. The highest BCUT2D eigenvalue weighted by Crippen LogP contribution is 2.22. The quantitative estimate of drug-likeness (QED) is 0.491. The molecule has 0 bridgehead atoms. The van der Waals surface area contributed by atoms with E-state index in [0.717, 1.165) is 6.20 Å². The highest BCUT2D eigenvalue weighted by atomic mass is 35.5. The molecular weight excluding hydrogens is 274 g/mol. The first kappa shape index (κ1) is 12.8. The minimum atomic E-state index is -1.53. The van der Waals surface area contributed by atoms with Gasteiger partial charge in [-0.2, -0.15) is 0 Å². The van der Waals surface area contributed by atoms with Crippen LogP contribution in [0.25, 0.3) is 5.69 Å². The van der Waals surface area contributed by atoms with Gasteiger partial charge in [-0.05, 0) is 0 Å². The maximum absolute atomic E-state index is 13.4. The third kappa shape index (κ3) is 2.17. The van der Waals surface area contributed by atoms with Crippen molar-refractivity contribution in [2.45, 2.75) is 6.42 Å². The molecule has 0 unspecified atom stereocenters. The van der Waals surface area contributed by atoms with Crippen molar-refractivity contribution >= 4 is 11.6 Å². The Morgan fingerprint density at radius 1 is 1.11 bits per heavy atom. The Morgan fingerprint density at radius 3 is 2.28 bits per heavy atom. The fourth-order valence-electron chi connectivity index (χ4n) is 1.38. The number of halogens is 5. The molecule has 0 aliphatic rings. The Morgan fingerprint density at radius 2 is 1.72 bits per heavy atom. The van der Waals surface area contributed by atoms with E-state index in [9.17, 15) is 17.6 Å². The number of benzene rings is 1. The summed E-state index contributed by atoms with van der Waals surface area (Å²) >= 11 is 5.46. The standard InChI is InChI=1S/C10H6ClF4N3/c11-2-1-5-4-18(17-16-5)10-8(14)6(12)3-7(13)9(10)15/h3-4H,1-2H2. The van der Waals surface area contributed by atoms with E-state index >= 15 is 0 Å². The number of alkyl halides is 1. The Hall–Kier alpha value is -1.63. The van der Waals surface area contributed by atoms with E-state index in [0.29, 0.717) is 16.8 Å². The molecule has 1 aromatic heterocycles. The maximum Gasteiger partial charge on any atom is 0.187 e. The van der Waals surface area contributed by atoms with E-state index in [1.54, 1.807) is 0 Å². The molecule has 0 aliphatic carbocycles. The average molecular weight is 280 g/mol. The van der Waals surface area contributed by atoms with Crippen LogP contribution in [-0.4, -0.2) is 20.9 Å². The SMILES string of the molecule is Fc1cc(F)c(F)c(-n2cc(CCCl)nn2)c1F. The summed E-state index contributed by atoms with van der Waals surface area (Å²) in [6.45, 7) is 0. The zero-order valence-corrected chi connectivity index (χ0v) is 9.56. The van der Waals surface area contributed by atoms with Gasteiger partial charge in [0.1, 0.15) is 5.69 Å². The highest BCUT2D eigenvalue weighted by Gasteiger charge is 2.21. The van der Waals surface area contributed by atoms with Gasteiger partial charge in [-0.1, -0.05) is 5.21 Å². The predicted octanol–water partition coefficient (Wildman–Crippen LogP) is 2.61. The van der Waals surface area contributed by atoms with E-state index in [4.69, 9.17) is 11.6 Å². The zero-order chi connectivity index (χ0) is 13.3. The van der Waals surface area contributed by atoms with Crippen LogP contribution in [0.3, 0.4) is 0 Å². The average Bonchev–Trinajstić information content (AvgIpc) is 2.76. The van der Waals surface area contributed by atoms with Crippen molar-refractivity contribution in [2.24, 2.45) is 0 Å². The second kappa shape index (κ2) is 4.93. The van der Waals surface area contributed by atoms with Crippen molar-refractivity contribution < 1.29 is 17.6 Å². The fourth-order valence-corrected chi connectivity index (χ4v) is 1.57. The van der Waals surface area contributed by atoms with E-state index < -0.39 is 29.0 Å². The molecule has 0 spiro atoms. The third-order valence-electron chi connectivity index (χ3n) is 2.21. The Balaban J connectivity index is 2.55. The lowest BCUT2D eigenvalue weighted by Crippen LogP contribution is -2.07. The number of rotatable bonds is 3. The lowest BCUT2D eigenvalue weighted by atomic mass is 10.2. The van der Waals surface area contributed by atoms with Gasteiger partial charge in [-0.3, -0.25) is 0 Å². The summed E-state index contributed by atoms with van der Waals surface area (Å²) < 4.78 is 53.5. The van der Waals surface area contributed by atoms with Gasteiger partial charge in [0, 0.05) is 18.4 Å². The van der Waals surface area contributed by atoms with Crippen molar-refractivity contribution in [3.05, 3.63) is 41.2 Å². The van der Waals surface area contributed by atoms with Crippen LogP contribution in [0.15, 0.2) is 12.3 Å². The minimum absolute atomic E-state index is 0.130. The van der Waals surface area contributed by atoms with Crippen LogP contribution in [0.2, 0.25) is 0 Å². The van der Waals surface area contributed by atoms with Crippen LogP contribution in [0, 0.1) is 23.3 Å². The second-order valence-corrected chi connectivity index (χ2v) is 3.79. The molecule has 0 atom stereocenters. The van der Waals surface area contributed by atoms with E-state index in [2.05, 4.69) is 10.3 Å². The molecule has 18 heavy (non-hydrogen) atoms. The fraction of sp³-hybridized carbons (Fsp3) is 0.200. The van der Waals surface area contributed by atoms with Crippen LogP contribution < -0.4 is 0 Å². The molecule has 3 nitrogen and oxygen atoms in total. The van der Waals surface area contributed by atoms with Gasteiger partial charge in [0.05, 0.1) is 11.9 Å². The molecule has 0 radical (unpaired) electrons. The molecule has 0 fully saturated rings. The van der Waals surface area contributed by atoms with Crippen molar-refractivity contribution in [3.63, 3.8) is 0 Å². The van der Waals surface area contributed by atoms with Crippen LogP contribution in [0.4, 0.5) is 17.6 Å². The molecule has 0 amide bonds. The number of aromatic nitrogens is 3. The minimum Gasteiger partial charge on any atom is -0.214 e. The van der Waals surface area contributed by atoms with Gasteiger partial charge in [0.25, 0.3) is 0 Å². The monoisotopic (exact) mass is 279 g/mol. The Labute approximate surface area is 104 Å². The summed E-state index contributed by atoms with van der Waals surface area (Å²) in [5, 5.41) is 6.98. The van der Waals surface area contributed by atoms with Gasteiger partial charge in [-0.25, -0.2) is 22.2 Å². The van der Waals surface area contributed by atoms with E-state index in [1.165, 1.54) is 0 Å². The molecule has 0 saturated carbocycles. The lowest BCUT2D eigenvalue weighted by molar-refractivity contribution is 0.443. The summed E-state index contributed by atoms with van der Waals surface area (Å²) in [5.74, 6) is -5.83. The van der Waals surface area contributed by atoms with Crippen molar-refractivity contribution in [3.8, 4) is 5.69 Å². The van der Waals surface area contributed by atoms with Crippen LogP contribution >= 0.6 is 11.6 Å². The number of hydrogen-bond donors (Lipinski definition) is 0. The normalized spacial score (nSPS) is 10.9. The van der Waals surface area contributed by atoms with Crippen molar-refractivity contribution in [1.82, 2.24) is 15.0 Å². The van der Waals surface area contributed by atoms with Gasteiger partial charge >= 0.3 is 0 Å². The van der Waals surface area contributed by atoms with Crippen molar-refractivity contribution in [2.75, 3.05) is 5.88 Å². The van der Waals surface area contributed by atoms with Crippen LogP contribution in [0.5, 0.6) is 0 Å². The summed E-state index contributed by atoms with van der Waals surface area (Å²) in [6, 6.07) is 0.130. The van der Waals surface area contributed by atoms with Gasteiger partial charge in [-0.15, -0.1) is 16.7 Å². The number of aryl methyl sites for hydroxylation is 1.